The molecule has 1 aromatic rings. The summed E-state index contributed by atoms with van der Waals surface area (Å²) in [6, 6.07) is 5.98. The first-order valence-corrected chi connectivity index (χ1v) is 6.88. The van der Waals surface area contributed by atoms with E-state index >= 15 is 0 Å². The Bertz CT molecular complexity index is 410. The van der Waals surface area contributed by atoms with Gasteiger partial charge in [-0.3, -0.25) is 0 Å². The van der Waals surface area contributed by atoms with Gasteiger partial charge in [0.05, 0.1) is 5.56 Å². The lowest BCUT2D eigenvalue weighted by Gasteiger charge is -2.18. The average molecular weight is 271 g/mol. The maximum Gasteiger partial charge on any atom is 0.416 e. The van der Waals surface area contributed by atoms with Gasteiger partial charge >= 0.3 is 6.18 Å². The maximum atomic E-state index is 12.7. The molecule has 1 nitrogen and oxygen atoms in total. The molecule has 0 amide bonds. The highest BCUT2D eigenvalue weighted by Crippen LogP contribution is 2.34. The molecule has 4 heteroatoms. The Kier molecular flexibility index (Phi) is 4.50. The summed E-state index contributed by atoms with van der Waals surface area (Å²) in [6.45, 7) is 2.89. The summed E-state index contributed by atoms with van der Waals surface area (Å²) in [5.74, 6) is 0.773. The van der Waals surface area contributed by atoms with Gasteiger partial charge in [0.15, 0.2) is 0 Å². The molecule has 1 aromatic carbocycles. The Morgan fingerprint density at radius 2 is 2.05 bits per heavy atom. The van der Waals surface area contributed by atoms with E-state index in [0.29, 0.717) is 12.5 Å². The summed E-state index contributed by atoms with van der Waals surface area (Å²) >= 11 is 0. The molecule has 0 radical (unpaired) electrons. The van der Waals surface area contributed by atoms with Gasteiger partial charge in [-0.15, -0.1) is 0 Å². The predicted molar refractivity (Wildman–Crippen MR) is 70.0 cm³/mol. The van der Waals surface area contributed by atoms with Crippen molar-refractivity contribution in [2.75, 3.05) is 6.54 Å². The number of hydrogen-bond acceptors (Lipinski definition) is 1. The van der Waals surface area contributed by atoms with E-state index in [1.54, 1.807) is 6.07 Å². The quantitative estimate of drug-likeness (QED) is 0.823. The summed E-state index contributed by atoms with van der Waals surface area (Å²) < 4.78 is 38.0. The molecule has 1 fully saturated rings. The second kappa shape index (κ2) is 5.95. The molecule has 1 saturated carbocycles. The first-order chi connectivity index (χ1) is 8.99. The first-order valence-electron chi connectivity index (χ1n) is 6.88. The van der Waals surface area contributed by atoms with Gasteiger partial charge < -0.3 is 5.32 Å². The lowest BCUT2D eigenvalue weighted by molar-refractivity contribution is -0.137. The fourth-order valence-corrected chi connectivity index (χ4v) is 2.44. The van der Waals surface area contributed by atoms with Gasteiger partial charge in [0.25, 0.3) is 0 Å². The molecule has 19 heavy (non-hydrogen) atoms. The van der Waals surface area contributed by atoms with Crippen molar-refractivity contribution >= 4 is 0 Å². The molecule has 0 aliphatic heterocycles. The normalized spacial score (nSPS) is 17.5. The summed E-state index contributed by atoms with van der Waals surface area (Å²) in [7, 11) is 0. The first kappa shape index (κ1) is 14.4. The van der Waals surface area contributed by atoms with E-state index in [1.807, 2.05) is 6.92 Å². The molecule has 0 aromatic heterocycles. The summed E-state index contributed by atoms with van der Waals surface area (Å²) in [5.41, 5.74) is 0.216. The number of hydrogen-bond donors (Lipinski definition) is 1. The number of likely N-dealkylation sites (N-methyl/N-ethyl adjacent to an activating group) is 1. The molecule has 2 rings (SSSR count). The van der Waals surface area contributed by atoms with Crippen molar-refractivity contribution in [3.05, 3.63) is 35.4 Å². The van der Waals surface area contributed by atoms with Crippen LogP contribution < -0.4 is 5.32 Å². The van der Waals surface area contributed by atoms with E-state index in [4.69, 9.17) is 0 Å². The SMILES string of the molecule is CCNC(Cc1cccc(C(F)(F)F)c1)CC1CC1. The third-order valence-electron chi connectivity index (χ3n) is 3.54. The van der Waals surface area contributed by atoms with Gasteiger partial charge in [0, 0.05) is 6.04 Å². The molecule has 0 saturated heterocycles. The van der Waals surface area contributed by atoms with Crippen molar-refractivity contribution in [3.63, 3.8) is 0 Å². The molecular formula is C15H20F3N. The highest BCUT2D eigenvalue weighted by molar-refractivity contribution is 5.26. The molecule has 1 unspecified atom stereocenters. The third kappa shape index (κ3) is 4.53. The summed E-state index contributed by atoms with van der Waals surface area (Å²) in [6.07, 6.45) is 0.0352. The smallest absolute Gasteiger partial charge is 0.314 e. The second-order valence-corrected chi connectivity index (χ2v) is 5.34. The van der Waals surface area contributed by atoms with Crippen molar-refractivity contribution < 1.29 is 13.2 Å². The molecule has 0 spiro atoms. The van der Waals surface area contributed by atoms with Crippen molar-refractivity contribution in [3.8, 4) is 0 Å². The van der Waals surface area contributed by atoms with Gasteiger partial charge in [-0.25, -0.2) is 0 Å². The number of alkyl halides is 3. The van der Waals surface area contributed by atoms with Crippen molar-refractivity contribution in [1.82, 2.24) is 5.32 Å². The maximum absolute atomic E-state index is 12.7. The van der Waals surface area contributed by atoms with E-state index in [2.05, 4.69) is 5.32 Å². The van der Waals surface area contributed by atoms with Crippen LogP contribution in [0.1, 0.15) is 37.3 Å². The number of halogens is 3. The Morgan fingerprint density at radius 3 is 2.63 bits per heavy atom. The summed E-state index contributed by atoms with van der Waals surface area (Å²) in [5, 5.41) is 3.38. The zero-order valence-electron chi connectivity index (χ0n) is 11.1. The van der Waals surface area contributed by atoms with Gasteiger partial charge in [-0.1, -0.05) is 38.0 Å². The largest absolute Gasteiger partial charge is 0.416 e. The molecule has 106 valence electrons. The molecule has 1 aliphatic rings. The van der Waals surface area contributed by atoms with Crippen molar-refractivity contribution in [1.29, 1.82) is 0 Å². The molecule has 1 aliphatic carbocycles. The highest BCUT2D eigenvalue weighted by atomic mass is 19.4. The minimum absolute atomic E-state index is 0.293. The van der Waals surface area contributed by atoms with Crippen LogP contribution in [0.25, 0.3) is 0 Å². The highest BCUT2D eigenvalue weighted by Gasteiger charge is 2.31. The Morgan fingerprint density at radius 1 is 1.32 bits per heavy atom. The number of benzene rings is 1. The van der Waals surface area contributed by atoms with Gasteiger partial charge in [-0.2, -0.15) is 13.2 Å². The monoisotopic (exact) mass is 271 g/mol. The van der Waals surface area contributed by atoms with E-state index in [0.717, 1.165) is 30.5 Å². The van der Waals surface area contributed by atoms with Gasteiger partial charge in [0.2, 0.25) is 0 Å². The fraction of sp³-hybridized carbons (Fsp3) is 0.600. The van der Waals surface area contributed by atoms with Crippen molar-refractivity contribution in [2.45, 2.75) is 44.8 Å². The minimum Gasteiger partial charge on any atom is -0.314 e. The number of rotatable bonds is 6. The Balaban J connectivity index is 2.03. The molecule has 1 atom stereocenters. The Hall–Kier alpha value is -1.03. The Labute approximate surface area is 112 Å². The molecule has 1 N–H and O–H groups in total. The van der Waals surface area contributed by atoms with Gasteiger partial charge in [-0.05, 0) is 36.9 Å². The van der Waals surface area contributed by atoms with Crippen LogP contribution in [0.2, 0.25) is 0 Å². The topological polar surface area (TPSA) is 12.0 Å². The van der Waals surface area contributed by atoms with Crippen LogP contribution in [-0.4, -0.2) is 12.6 Å². The van der Waals surface area contributed by atoms with Crippen LogP contribution in [0.5, 0.6) is 0 Å². The fourth-order valence-electron chi connectivity index (χ4n) is 2.44. The average Bonchev–Trinajstić information content (AvgIpc) is 3.12. The van der Waals surface area contributed by atoms with Crippen molar-refractivity contribution in [2.24, 2.45) is 5.92 Å². The van der Waals surface area contributed by atoms with Crippen LogP contribution in [0.15, 0.2) is 24.3 Å². The van der Waals surface area contributed by atoms with Gasteiger partial charge in [0.1, 0.15) is 0 Å². The third-order valence-corrected chi connectivity index (χ3v) is 3.54. The zero-order valence-corrected chi connectivity index (χ0v) is 11.1. The van der Waals surface area contributed by atoms with E-state index in [1.165, 1.54) is 25.0 Å². The van der Waals surface area contributed by atoms with Crippen LogP contribution in [0.3, 0.4) is 0 Å². The predicted octanol–water partition coefficient (Wildman–Crippen LogP) is 4.03. The molecular weight excluding hydrogens is 251 g/mol. The van der Waals surface area contributed by atoms with Crippen LogP contribution >= 0.6 is 0 Å². The molecule has 0 heterocycles. The number of nitrogens with one attached hydrogen (secondary N) is 1. The standard InChI is InChI=1S/C15H20F3N/c1-2-19-14(9-11-6-7-11)10-12-4-3-5-13(8-12)15(16,17)18/h3-5,8,11,14,19H,2,6-7,9-10H2,1H3. The van der Waals surface area contributed by atoms with E-state index in [-0.39, 0.29) is 0 Å². The van der Waals surface area contributed by atoms with E-state index < -0.39 is 11.7 Å². The van der Waals surface area contributed by atoms with E-state index in [9.17, 15) is 13.2 Å². The minimum atomic E-state index is -4.25. The summed E-state index contributed by atoms with van der Waals surface area (Å²) in [4.78, 5) is 0. The van der Waals surface area contributed by atoms with Crippen LogP contribution in [0, 0.1) is 5.92 Å². The van der Waals surface area contributed by atoms with Crippen LogP contribution in [0.4, 0.5) is 13.2 Å². The zero-order chi connectivity index (χ0) is 13.9. The second-order valence-electron chi connectivity index (χ2n) is 5.34. The van der Waals surface area contributed by atoms with Crippen LogP contribution in [-0.2, 0) is 12.6 Å². The molecule has 0 bridgehead atoms. The lowest BCUT2D eigenvalue weighted by atomic mass is 9.99. The lowest BCUT2D eigenvalue weighted by Crippen LogP contribution is -2.31.